The lowest BCUT2D eigenvalue weighted by Crippen LogP contribution is -2.55. The average molecular weight is 305 g/mol. The van der Waals surface area contributed by atoms with Gasteiger partial charge in [-0.15, -0.1) is 0 Å². The summed E-state index contributed by atoms with van der Waals surface area (Å²) < 4.78 is 5.51. The van der Waals surface area contributed by atoms with Crippen LogP contribution in [0.15, 0.2) is 24.3 Å². The van der Waals surface area contributed by atoms with E-state index < -0.39 is 0 Å². The third-order valence-electron chi connectivity index (χ3n) is 4.05. The molecule has 0 bridgehead atoms. The Hall–Kier alpha value is -1.43. The Kier molecular flexibility index (Phi) is 6.36. The van der Waals surface area contributed by atoms with Crippen LogP contribution in [0, 0.1) is 0 Å². The first-order valence-electron chi connectivity index (χ1n) is 7.99. The van der Waals surface area contributed by atoms with E-state index in [1.54, 1.807) is 0 Å². The number of morpholine rings is 1. The number of hydrogen-bond acceptors (Lipinski definition) is 4. The summed E-state index contributed by atoms with van der Waals surface area (Å²) in [6, 6.07) is 8.11. The van der Waals surface area contributed by atoms with Crippen molar-refractivity contribution >= 4 is 5.91 Å². The van der Waals surface area contributed by atoms with E-state index in [1.165, 1.54) is 5.56 Å². The molecule has 0 unspecified atom stereocenters. The van der Waals surface area contributed by atoms with Gasteiger partial charge in [0, 0.05) is 19.6 Å². The van der Waals surface area contributed by atoms with Crippen molar-refractivity contribution in [2.24, 2.45) is 0 Å². The van der Waals surface area contributed by atoms with Crippen LogP contribution in [-0.2, 0) is 22.6 Å². The largest absolute Gasteiger partial charge is 0.375 e. The van der Waals surface area contributed by atoms with Gasteiger partial charge in [-0.3, -0.25) is 4.79 Å². The van der Waals surface area contributed by atoms with Gasteiger partial charge in [0.1, 0.15) is 6.04 Å². The van der Waals surface area contributed by atoms with Crippen LogP contribution in [0.4, 0.5) is 0 Å². The summed E-state index contributed by atoms with van der Waals surface area (Å²) in [4.78, 5) is 14.5. The lowest BCUT2D eigenvalue weighted by molar-refractivity contribution is -0.129. The van der Waals surface area contributed by atoms with Gasteiger partial charge < -0.3 is 20.3 Å². The highest BCUT2D eigenvalue weighted by Crippen LogP contribution is 2.09. The zero-order valence-electron chi connectivity index (χ0n) is 13.8. The summed E-state index contributed by atoms with van der Waals surface area (Å²) >= 11 is 0. The highest BCUT2D eigenvalue weighted by molar-refractivity contribution is 5.82. The first kappa shape index (κ1) is 16.9. The van der Waals surface area contributed by atoms with Crippen LogP contribution < -0.4 is 10.6 Å². The van der Waals surface area contributed by atoms with Gasteiger partial charge in [-0.05, 0) is 31.6 Å². The van der Waals surface area contributed by atoms with Crippen molar-refractivity contribution in [2.45, 2.75) is 39.1 Å². The summed E-state index contributed by atoms with van der Waals surface area (Å²) in [7, 11) is 2.10. The van der Waals surface area contributed by atoms with Crippen molar-refractivity contribution < 1.29 is 9.53 Å². The van der Waals surface area contributed by atoms with E-state index in [4.69, 9.17) is 4.74 Å². The van der Waals surface area contributed by atoms with Gasteiger partial charge in [0.25, 0.3) is 0 Å². The minimum atomic E-state index is -0.261. The predicted molar refractivity (Wildman–Crippen MR) is 87.5 cm³/mol. The minimum absolute atomic E-state index is 0.00304. The fourth-order valence-electron chi connectivity index (χ4n) is 2.59. The van der Waals surface area contributed by atoms with Crippen molar-refractivity contribution in [3.05, 3.63) is 35.4 Å². The van der Waals surface area contributed by atoms with Crippen molar-refractivity contribution in [1.82, 2.24) is 15.5 Å². The third kappa shape index (κ3) is 4.80. The van der Waals surface area contributed by atoms with Crippen LogP contribution in [-0.4, -0.2) is 49.7 Å². The lowest BCUT2D eigenvalue weighted by atomic mass is 10.1. The molecule has 122 valence electrons. The molecule has 1 amide bonds. The smallest absolute Gasteiger partial charge is 0.240 e. The van der Waals surface area contributed by atoms with Gasteiger partial charge in [0.15, 0.2) is 0 Å². The van der Waals surface area contributed by atoms with E-state index in [0.29, 0.717) is 13.2 Å². The van der Waals surface area contributed by atoms with E-state index in [-0.39, 0.29) is 18.1 Å². The molecule has 5 heteroatoms. The van der Waals surface area contributed by atoms with Gasteiger partial charge in [-0.1, -0.05) is 31.2 Å². The lowest BCUT2D eigenvalue weighted by Gasteiger charge is -2.29. The molecule has 1 aliphatic rings. The Morgan fingerprint density at radius 3 is 2.95 bits per heavy atom. The normalized spacial score (nSPS) is 21.8. The van der Waals surface area contributed by atoms with Gasteiger partial charge in [-0.2, -0.15) is 0 Å². The molecule has 0 radical (unpaired) electrons. The molecule has 22 heavy (non-hydrogen) atoms. The molecule has 0 spiro atoms. The fourth-order valence-corrected chi connectivity index (χ4v) is 2.59. The number of benzene rings is 1. The highest BCUT2D eigenvalue weighted by atomic mass is 16.5. The SMILES string of the molecule is CCN(C)Cc1cccc(CNC(=O)[C@H]2NCCO[C@@H]2C)c1. The fraction of sp³-hybridized carbons (Fsp3) is 0.588. The zero-order chi connectivity index (χ0) is 15.9. The summed E-state index contributed by atoms with van der Waals surface area (Å²) in [6.45, 7) is 7.95. The molecule has 1 aliphatic heterocycles. The monoisotopic (exact) mass is 305 g/mol. The van der Waals surface area contributed by atoms with Gasteiger partial charge in [-0.25, -0.2) is 0 Å². The second kappa shape index (κ2) is 8.27. The van der Waals surface area contributed by atoms with E-state index in [9.17, 15) is 4.79 Å². The number of nitrogens with zero attached hydrogens (tertiary/aromatic N) is 1. The molecule has 0 aromatic heterocycles. The van der Waals surface area contributed by atoms with E-state index in [0.717, 1.165) is 25.2 Å². The Balaban J connectivity index is 1.88. The number of rotatable bonds is 6. The Labute approximate surface area is 133 Å². The molecule has 1 aromatic rings. The van der Waals surface area contributed by atoms with Crippen molar-refractivity contribution in [2.75, 3.05) is 26.7 Å². The number of carbonyl (C=O) groups excluding carboxylic acids is 1. The second-order valence-corrected chi connectivity index (χ2v) is 5.88. The van der Waals surface area contributed by atoms with Crippen LogP contribution in [0.3, 0.4) is 0 Å². The van der Waals surface area contributed by atoms with Gasteiger partial charge in [0.2, 0.25) is 5.91 Å². The maximum atomic E-state index is 12.2. The van der Waals surface area contributed by atoms with Crippen LogP contribution in [0.1, 0.15) is 25.0 Å². The van der Waals surface area contributed by atoms with Crippen LogP contribution in [0.25, 0.3) is 0 Å². The molecular weight excluding hydrogens is 278 g/mol. The molecule has 1 heterocycles. The summed E-state index contributed by atoms with van der Waals surface area (Å²) in [5, 5.41) is 6.20. The maximum absolute atomic E-state index is 12.2. The van der Waals surface area contributed by atoms with Crippen LogP contribution >= 0.6 is 0 Å². The molecular formula is C17H27N3O2. The maximum Gasteiger partial charge on any atom is 0.240 e. The molecule has 2 rings (SSSR count). The number of ether oxygens (including phenoxy) is 1. The van der Waals surface area contributed by atoms with Crippen molar-refractivity contribution in [3.63, 3.8) is 0 Å². The van der Waals surface area contributed by atoms with E-state index >= 15 is 0 Å². The number of carbonyl (C=O) groups is 1. The standard InChI is InChI=1S/C17H27N3O2/c1-4-20(3)12-15-7-5-6-14(10-15)11-19-17(21)16-13(2)22-9-8-18-16/h5-7,10,13,16,18H,4,8-9,11-12H2,1-3H3,(H,19,21)/t13-,16+/m1/s1. The second-order valence-electron chi connectivity index (χ2n) is 5.88. The van der Waals surface area contributed by atoms with Gasteiger partial charge in [0.05, 0.1) is 12.7 Å². The average Bonchev–Trinajstić information content (AvgIpc) is 2.53. The molecule has 1 fully saturated rings. The molecule has 1 aromatic carbocycles. The van der Waals surface area contributed by atoms with Crippen LogP contribution in [0.5, 0.6) is 0 Å². The zero-order valence-corrected chi connectivity index (χ0v) is 13.8. The molecule has 2 atom stereocenters. The summed E-state index contributed by atoms with van der Waals surface area (Å²) in [6.07, 6.45) is -0.0849. The van der Waals surface area contributed by atoms with Crippen LogP contribution in [0.2, 0.25) is 0 Å². The number of amides is 1. The minimum Gasteiger partial charge on any atom is -0.375 e. The molecule has 2 N–H and O–H groups in total. The predicted octanol–water partition coefficient (Wildman–Crippen LogP) is 1.13. The van der Waals surface area contributed by atoms with Crippen molar-refractivity contribution in [1.29, 1.82) is 0 Å². The topological polar surface area (TPSA) is 53.6 Å². The van der Waals surface area contributed by atoms with E-state index in [1.807, 2.05) is 19.1 Å². The van der Waals surface area contributed by atoms with Gasteiger partial charge >= 0.3 is 0 Å². The van der Waals surface area contributed by atoms with E-state index in [2.05, 4.69) is 41.6 Å². The molecule has 5 nitrogen and oxygen atoms in total. The number of nitrogens with one attached hydrogen (secondary N) is 2. The summed E-state index contributed by atoms with van der Waals surface area (Å²) in [5.74, 6) is 0.00304. The molecule has 0 aliphatic carbocycles. The third-order valence-corrected chi connectivity index (χ3v) is 4.05. The first-order valence-corrected chi connectivity index (χ1v) is 7.99. The van der Waals surface area contributed by atoms with Crippen molar-refractivity contribution in [3.8, 4) is 0 Å². The summed E-state index contributed by atoms with van der Waals surface area (Å²) in [5.41, 5.74) is 2.39. The Bertz CT molecular complexity index is 493. The first-order chi connectivity index (χ1) is 10.6. The number of hydrogen-bond donors (Lipinski definition) is 2. The Morgan fingerprint density at radius 2 is 2.23 bits per heavy atom. The molecule has 1 saturated heterocycles. The Morgan fingerprint density at radius 1 is 1.45 bits per heavy atom. The molecule has 0 saturated carbocycles. The highest BCUT2D eigenvalue weighted by Gasteiger charge is 2.27. The quantitative estimate of drug-likeness (QED) is 0.827.